The van der Waals surface area contributed by atoms with Gasteiger partial charge in [-0.15, -0.1) is 11.8 Å². The zero-order chi connectivity index (χ0) is 15.6. The second-order valence-corrected chi connectivity index (χ2v) is 5.35. The van der Waals surface area contributed by atoms with E-state index < -0.39 is 0 Å². The van der Waals surface area contributed by atoms with Crippen LogP contribution in [0.5, 0.6) is 0 Å². The Bertz CT molecular complexity index is 320. The number of esters is 1. The summed E-state index contributed by atoms with van der Waals surface area (Å²) < 4.78 is 4.59. The summed E-state index contributed by atoms with van der Waals surface area (Å²) in [7, 11) is 1.43. The van der Waals surface area contributed by atoms with E-state index >= 15 is 0 Å². The third-order valence-corrected chi connectivity index (χ3v) is 3.36. The number of unbranched alkanes of at least 4 members (excludes halogenated alkanes) is 8. The molecular weight excluding hydrogens is 260 g/mol. The first-order valence-electron chi connectivity index (χ1n) is 8.48. The molecule has 0 amide bonds. The molecule has 0 fully saturated rings. The lowest BCUT2D eigenvalue weighted by molar-refractivity contribution is -0.140. The van der Waals surface area contributed by atoms with E-state index in [4.69, 9.17) is 0 Å². The monoisotopic (exact) mass is 292 g/mol. The third kappa shape index (κ3) is 16.7. The van der Waals surface area contributed by atoms with Crippen LogP contribution in [0.4, 0.5) is 0 Å². The standard InChI is InChI=1S/C19H32O2/c1-3-4-5-6-7-8-9-10-11-12-13-14-15-16-17-18-19(20)21-2/h9-10H,3-8,11-12,15-18H2,1-2H3/b10-9-. The van der Waals surface area contributed by atoms with Gasteiger partial charge in [0.05, 0.1) is 7.11 Å². The number of carbonyl (C=O) groups excluding carboxylic acids is 1. The molecule has 0 bridgehead atoms. The first-order chi connectivity index (χ1) is 10.3. The molecule has 0 aliphatic heterocycles. The number of allylic oxidation sites excluding steroid dienone is 2. The normalized spacial score (nSPS) is 10.4. The lowest BCUT2D eigenvalue weighted by Crippen LogP contribution is -1.98. The van der Waals surface area contributed by atoms with Crippen molar-refractivity contribution in [3.63, 3.8) is 0 Å². The van der Waals surface area contributed by atoms with Gasteiger partial charge < -0.3 is 4.74 Å². The van der Waals surface area contributed by atoms with Gasteiger partial charge in [-0.3, -0.25) is 4.79 Å². The van der Waals surface area contributed by atoms with Gasteiger partial charge in [0.25, 0.3) is 0 Å². The van der Waals surface area contributed by atoms with Gasteiger partial charge >= 0.3 is 5.97 Å². The van der Waals surface area contributed by atoms with Gasteiger partial charge in [0, 0.05) is 19.3 Å². The average molecular weight is 292 g/mol. The van der Waals surface area contributed by atoms with Crippen LogP contribution in [0.3, 0.4) is 0 Å². The van der Waals surface area contributed by atoms with Gasteiger partial charge in [0.1, 0.15) is 0 Å². The topological polar surface area (TPSA) is 26.3 Å². The maximum absolute atomic E-state index is 10.9. The molecular formula is C19H32O2. The zero-order valence-corrected chi connectivity index (χ0v) is 14.0. The van der Waals surface area contributed by atoms with Gasteiger partial charge in [-0.05, 0) is 32.1 Å². The van der Waals surface area contributed by atoms with Crippen molar-refractivity contribution < 1.29 is 9.53 Å². The molecule has 0 aromatic carbocycles. The maximum atomic E-state index is 10.9. The summed E-state index contributed by atoms with van der Waals surface area (Å²) in [6.07, 6.45) is 17.8. The molecule has 120 valence electrons. The van der Waals surface area contributed by atoms with Crippen LogP contribution in [0, 0.1) is 11.8 Å². The summed E-state index contributed by atoms with van der Waals surface area (Å²) in [5.74, 6) is 6.23. The molecule has 0 aromatic heterocycles. The lowest BCUT2D eigenvalue weighted by atomic mass is 10.1. The second kappa shape index (κ2) is 16.8. The van der Waals surface area contributed by atoms with E-state index in [1.54, 1.807) is 0 Å². The number of methoxy groups -OCH3 is 1. The molecule has 0 unspecified atom stereocenters. The Morgan fingerprint density at radius 2 is 1.62 bits per heavy atom. The lowest BCUT2D eigenvalue weighted by Gasteiger charge is -1.96. The van der Waals surface area contributed by atoms with Crippen LogP contribution in [-0.4, -0.2) is 13.1 Å². The van der Waals surface area contributed by atoms with Gasteiger partial charge in [-0.25, -0.2) is 0 Å². The Kier molecular flexibility index (Phi) is 15.8. The molecule has 2 heteroatoms. The van der Waals surface area contributed by atoms with E-state index in [1.165, 1.54) is 45.6 Å². The van der Waals surface area contributed by atoms with E-state index in [1.807, 2.05) is 0 Å². The summed E-state index contributed by atoms with van der Waals surface area (Å²) in [5, 5.41) is 0. The molecule has 0 spiro atoms. The fraction of sp³-hybridized carbons (Fsp3) is 0.737. The Hall–Kier alpha value is -1.23. The first-order valence-corrected chi connectivity index (χ1v) is 8.48. The van der Waals surface area contributed by atoms with Crippen molar-refractivity contribution in [2.75, 3.05) is 7.11 Å². The van der Waals surface area contributed by atoms with E-state index in [9.17, 15) is 4.79 Å². The molecule has 0 radical (unpaired) electrons. The molecule has 0 rings (SSSR count). The summed E-state index contributed by atoms with van der Waals surface area (Å²) in [5.41, 5.74) is 0. The van der Waals surface area contributed by atoms with E-state index in [0.29, 0.717) is 6.42 Å². The van der Waals surface area contributed by atoms with Crippen molar-refractivity contribution in [2.45, 2.75) is 84.0 Å². The van der Waals surface area contributed by atoms with Crippen LogP contribution < -0.4 is 0 Å². The van der Waals surface area contributed by atoms with Crippen LogP contribution >= 0.6 is 0 Å². The molecule has 2 nitrogen and oxygen atoms in total. The van der Waals surface area contributed by atoms with Crippen molar-refractivity contribution in [2.24, 2.45) is 0 Å². The molecule has 0 saturated carbocycles. The van der Waals surface area contributed by atoms with Crippen LogP contribution in [-0.2, 0) is 9.53 Å². The second-order valence-electron chi connectivity index (χ2n) is 5.35. The predicted molar refractivity (Wildman–Crippen MR) is 90.0 cm³/mol. The molecule has 0 aliphatic rings. The van der Waals surface area contributed by atoms with E-state index in [2.05, 4.69) is 35.7 Å². The van der Waals surface area contributed by atoms with Crippen LogP contribution in [0.2, 0.25) is 0 Å². The number of hydrogen-bond donors (Lipinski definition) is 0. The first kappa shape index (κ1) is 19.8. The number of hydrogen-bond acceptors (Lipinski definition) is 2. The van der Waals surface area contributed by atoms with Crippen molar-refractivity contribution in [3.8, 4) is 11.8 Å². The highest BCUT2D eigenvalue weighted by molar-refractivity contribution is 5.68. The Morgan fingerprint density at radius 3 is 2.38 bits per heavy atom. The van der Waals surface area contributed by atoms with Gasteiger partial charge in [0.15, 0.2) is 0 Å². The van der Waals surface area contributed by atoms with Crippen molar-refractivity contribution in [3.05, 3.63) is 12.2 Å². The highest BCUT2D eigenvalue weighted by Crippen LogP contribution is 2.05. The Balaban J connectivity index is 3.27. The smallest absolute Gasteiger partial charge is 0.305 e. The van der Waals surface area contributed by atoms with Gasteiger partial charge in [-0.2, -0.15) is 0 Å². The summed E-state index contributed by atoms with van der Waals surface area (Å²) in [4.78, 5) is 10.9. The highest BCUT2D eigenvalue weighted by Gasteiger charge is 1.97. The maximum Gasteiger partial charge on any atom is 0.305 e. The van der Waals surface area contributed by atoms with Crippen molar-refractivity contribution in [1.82, 2.24) is 0 Å². The minimum Gasteiger partial charge on any atom is -0.469 e. The molecule has 0 N–H and O–H groups in total. The number of carbonyl (C=O) groups is 1. The molecule has 0 aliphatic carbocycles. The minimum atomic E-state index is -0.122. The van der Waals surface area contributed by atoms with Crippen LogP contribution in [0.15, 0.2) is 12.2 Å². The minimum absolute atomic E-state index is 0.122. The SMILES string of the molecule is CCCCCCC/C=C\CCC#CCCCCC(=O)OC. The Labute approximate surface area is 131 Å². The zero-order valence-electron chi connectivity index (χ0n) is 14.0. The van der Waals surface area contributed by atoms with Crippen LogP contribution in [0.25, 0.3) is 0 Å². The molecule has 0 heterocycles. The number of ether oxygens (including phenoxy) is 1. The van der Waals surface area contributed by atoms with Crippen LogP contribution in [0.1, 0.15) is 84.0 Å². The average Bonchev–Trinajstić information content (AvgIpc) is 2.50. The molecule has 21 heavy (non-hydrogen) atoms. The van der Waals surface area contributed by atoms with Crippen molar-refractivity contribution in [1.29, 1.82) is 0 Å². The summed E-state index contributed by atoms with van der Waals surface area (Å²) in [6, 6.07) is 0. The fourth-order valence-corrected chi connectivity index (χ4v) is 2.02. The van der Waals surface area contributed by atoms with Crippen molar-refractivity contribution >= 4 is 5.97 Å². The largest absolute Gasteiger partial charge is 0.469 e. The third-order valence-electron chi connectivity index (χ3n) is 3.36. The number of rotatable bonds is 12. The fourth-order valence-electron chi connectivity index (χ4n) is 2.02. The highest BCUT2D eigenvalue weighted by atomic mass is 16.5. The van der Waals surface area contributed by atoms with E-state index in [-0.39, 0.29) is 5.97 Å². The quantitative estimate of drug-likeness (QED) is 0.208. The molecule has 0 atom stereocenters. The predicted octanol–water partition coefficient (Wildman–Crippen LogP) is 5.42. The van der Waals surface area contributed by atoms with Gasteiger partial charge in [0.2, 0.25) is 0 Å². The Morgan fingerprint density at radius 1 is 0.905 bits per heavy atom. The summed E-state index contributed by atoms with van der Waals surface area (Å²) in [6.45, 7) is 2.25. The van der Waals surface area contributed by atoms with Gasteiger partial charge in [-0.1, -0.05) is 44.8 Å². The summed E-state index contributed by atoms with van der Waals surface area (Å²) >= 11 is 0. The molecule has 0 saturated heterocycles. The van der Waals surface area contributed by atoms with E-state index in [0.717, 1.165) is 32.1 Å². The molecule has 0 aromatic rings.